The zero-order valence-electron chi connectivity index (χ0n) is 10.8. The van der Waals surface area contributed by atoms with Crippen molar-refractivity contribution in [1.29, 1.82) is 0 Å². The Balaban J connectivity index is 1.98. The summed E-state index contributed by atoms with van der Waals surface area (Å²) in [6, 6.07) is 0. The molecule has 1 aromatic rings. The van der Waals surface area contributed by atoms with Crippen LogP contribution in [0.4, 0.5) is 0 Å². The van der Waals surface area contributed by atoms with Crippen molar-refractivity contribution in [3.8, 4) is 0 Å². The second-order valence-electron chi connectivity index (χ2n) is 4.32. The number of piperazine rings is 1. The number of H-pyrrole nitrogens is 1. The van der Waals surface area contributed by atoms with Crippen LogP contribution in [0, 0.1) is 0 Å². The fraction of sp³-hybridized carbons (Fsp3) is 0.667. The van der Waals surface area contributed by atoms with Crippen LogP contribution < -0.4 is 0 Å². The standard InChI is InChI=1S/C9H16N6O3S/c1-13(2)19(17,18)15-5-3-14(4-6-15)9(16)8-10-7-11-12-8/h7H,3-6H2,1-2H3,(H,10,11,12). The van der Waals surface area contributed by atoms with Gasteiger partial charge in [0.15, 0.2) is 0 Å². The van der Waals surface area contributed by atoms with Crippen molar-refractivity contribution in [2.24, 2.45) is 0 Å². The lowest BCUT2D eigenvalue weighted by molar-refractivity contribution is 0.0683. The summed E-state index contributed by atoms with van der Waals surface area (Å²) in [5.41, 5.74) is 0. The number of aromatic amines is 1. The number of aromatic nitrogens is 3. The van der Waals surface area contributed by atoms with E-state index in [4.69, 9.17) is 0 Å². The molecule has 0 aliphatic carbocycles. The molecule has 0 bridgehead atoms. The third-order valence-corrected chi connectivity index (χ3v) is 4.87. The average molecular weight is 288 g/mol. The first-order chi connectivity index (χ1) is 8.93. The van der Waals surface area contributed by atoms with Crippen LogP contribution in [-0.2, 0) is 10.2 Å². The van der Waals surface area contributed by atoms with Crippen molar-refractivity contribution in [1.82, 2.24) is 28.7 Å². The van der Waals surface area contributed by atoms with Gasteiger partial charge >= 0.3 is 0 Å². The Hall–Kier alpha value is -1.52. The highest BCUT2D eigenvalue weighted by Crippen LogP contribution is 2.10. The van der Waals surface area contributed by atoms with E-state index in [-0.39, 0.29) is 24.8 Å². The lowest BCUT2D eigenvalue weighted by Crippen LogP contribution is -2.53. The third kappa shape index (κ3) is 2.74. The Labute approximate surface area is 111 Å². The fourth-order valence-corrected chi connectivity index (χ4v) is 2.90. The molecule has 0 saturated carbocycles. The minimum absolute atomic E-state index is 0.170. The molecule has 106 valence electrons. The molecule has 1 fully saturated rings. The van der Waals surface area contributed by atoms with Gasteiger partial charge < -0.3 is 4.90 Å². The maximum absolute atomic E-state index is 12.0. The van der Waals surface area contributed by atoms with Gasteiger partial charge in [-0.1, -0.05) is 0 Å². The van der Waals surface area contributed by atoms with Gasteiger partial charge in [0.2, 0.25) is 5.82 Å². The van der Waals surface area contributed by atoms with Crippen LogP contribution in [0.15, 0.2) is 6.33 Å². The van der Waals surface area contributed by atoms with Crippen LogP contribution in [0.2, 0.25) is 0 Å². The number of amides is 1. The molecule has 1 N–H and O–H groups in total. The van der Waals surface area contributed by atoms with E-state index in [2.05, 4.69) is 15.2 Å². The number of carbonyl (C=O) groups is 1. The van der Waals surface area contributed by atoms with E-state index >= 15 is 0 Å². The number of nitrogens with zero attached hydrogens (tertiary/aromatic N) is 5. The fourth-order valence-electron chi connectivity index (χ4n) is 1.81. The Kier molecular flexibility index (Phi) is 3.83. The molecule has 0 unspecified atom stereocenters. The normalized spacial score (nSPS) is 17.9. The van der Waals surface area contributed by atoms with Gasteiger partial charge in [-0.3, -0.25) is 9.89 Å². The lowest BCUT2D eigenvalue weighted by atomic mass is 10.3. The summed E-state index contributed by atoms with van der Waals surface area (Å²) in [6.45, 7) is 1.24. The van der Waals surface area contributed by atoms with Crippen LogP contribution in [0.3, 0.4) is 0 Å². The summed E-state index contributed by atoms with van der Waals surface area (Å²) in [4.78, 5) is 17.3. The van der Waals surface area contributed by atoms with Gasteiger partial charge in [-0.15, -0.1) is 0 Å². The monoisotopic (exact) mass is 288 g/mol. The molecule has 9 nitrogen and oxygen atoms in total. The van der Waals surface area contributed by atoms with E-state index in [1.54, 1.807) is 4.90 Å². The summed E-state index contributed by atoms with van der Waals surface area (Å²) >= 11 is 0. The maximum Gasteiger partial charge on any atom is 0.291 e. The first kappa shape index (κ1) is 13.9. The Morgan fingerprint density at radius 2 is 1.95 bits per heavy atom. The minimum Gasteiger partial charge on any atom is -0.333 e. The molecule has 1 aliphatic heterocycles. The van der Waals surface area contributed by atoms with Crippen molar-refractivity contribution in [2.75, 3.05) is 40.3 Å². The van der Waals surface area contributed by atoms with Gasteiger partial charge in [-0.2, -0.15) is 22.1 Å². The first-order valence-corrected chi connectivity index (χ1v) is 7.15. The van der Waals surface area contributed by atoms with Gasteiger partial charge in [0.05, 0.1) is 0 Å². The predicted octanol–water partition coefficient (Wildman–Crippen LogP) is -1.63. The third-order valence-electron chi connectivity index (χ3n) is 2.93. The molecule has 10 heteroatoms. The summed E-state index contributed by atoms with van der Waals surface area (Å²) in [5, 5.41) is 6.12. The number of hydrogen-bond donors (Lipinski definition) is 1. The molecule has 1 amide bonds. The predicted molar refractivity (Wildman–Crippen MR) is 66.5 cm³/mol. The smallest absolute Gasteiger partial charge is 0.291 e. The van der Waals surface area contributed by atoms with Gasteiger partial charge in [-0.25, -0.2) is 4.98 Å². The summed E-state index contributed by atoms with van der Waals surface area (Å²) in [7, 11) is -0.435. The van der Waals surface area contributed by atoms with Crippen molar-refractivity contribution in [3.63, 3.8) is 0 Å². The highest BCUT2D eigenvalue weighted by molar-refractivity contribution is 7.86. The van der Waals surface area contributed by atoms with Crippen molar-refractivity contribution < 1.29 is 13.2 Å². The van der Waals surface area contributed by atoms with Crippen LogP contribution in [0.5, 0.6) is 0 Å². The molecule has 1 saturated heterocycles. The SMILES string of the molecule is CN(C)S(=O)(=O)N1CCN(C(=O)c2ncn[nH]2)CC1. The summed E-state index contributed by atoms with van der Waals surface area (Å²) in [5.74, 6) is -0.0942. The molecular weight excluding hydrogens is 272 g/mol. The van der Waals surface area contributed by atoms with Crippen LogP contribution >= 0.6 is 0 Å². The van der Waals surface area contributed by atoms with E-state index in [1.807, 2.05) is 0 Å². The molecule has 2 rings (SSSR count). The topological polar surface area (TPSA) is 102 Å². The van der Waals surface area contributed by atoms with Crippen molar-refractivity contribution >= 4 is 16.1 Å². The molecule has 1 aliphatic rings. The second-order valence-corrected chi connectivity index (χ2v) is 6.46. The Morgan fingerprint density at radius 1 is 1.32 bits per heavy atom. The van der Waals surface area contributed by atoms with E-state index in [0.717, 1.165) is 0 Å². The number of rotatable bonds is 3. The number of carbonyl (C=O) groups excluding carboxylic acids is 1. The molecule has 0 aromatic carbocycles. The quantitative estimate of drug-likeness (QED) is 0.719. The highest BCUT2D eigenvalue weighted by Gasteiger charge is 2.31. The van der Waals surface area contributed by atoms with Gasteiger partial charge in [0.1, 0.15) is 6.33 Å². The van der Waals surface area contributed by atoms with Gasteiger partial charge in [0.25, 0.3) is 16.1 Å². The molecule has 0 spiro atoms. The highest BCUT2D eigenvalue weighted by atomic mass is 32.2. The van der Waals surface area contributed by atoms with Gasteiger partial charge in [0, 0.05) is 40.3 Å². The first-order valence-electron chi connectivity index (χ1n) is 5.75. The summed E-state index contributed by atoms with van der Waals surface area (Å²) in [6.07, 6.45) is 1.26. The lowest BCUT2D eigenvalue weighted by Gasteiger charge is -2.34. The zero-order valence-corrected chi connectivity index (χ0v) is 11.6. The van der Waals surface area contributed by atoms with E-state index in [0.29, 0.717) is 13.1 Å². The van der Waals surface area contributed by atoms with Crippen LogP contribution in [0.1, 0.15) is 10.6 Å². The Morgan fingerprint density at radius 3 is 2.42 bits per heavy atom. The molecule has 2 heterocycles. The van der Waals surface area contributed by atoms with E-state index < -0.39 is 10.2 Å². The van der Waals surface area contributed by atoms with Crippen molar-refractivity contribution in [2.45, 2.75) is 0 Å². The van der Waals surface area contributed by atoms with E-state index in [9.17, 15) is 13.2 Å². The molecular formula is C9H16N6O3S. The van der Waals surface area contributed by atoms with Crippen molar-refractivity contribution in [3.05, 3.63) is 12.2 Å². The average Bonchev–Trinajstić information content (AvgIpc) is 2.91. The number of nitrogens with one attached hydrogen (secondary N) is 1. The second kappa shape index (κ2) is 5.23. The Bertz CT molecular complexity index is 532. The summed E-state index contributed by atoms with van der Waals surface area (Å²) < 4.78 is 26.3. The largest absolute Gasteiger partial charge is 0.333 e. The van der Waals surface area contributed by atoms with Gasteiger partial charge in [-0.05, 0) is 0 Å². The molecule has 0 atom stereocenters. The van der Waals surface area contributed by atoms with E-state index in [1.165, 1.54) is 29.0 Å². The zero-order chi connectivity index (χ0) is 14.0. The van der Waals surface area contributed by atoms with Crippen LogP contribution in [-0.4, -0.2) is 83.3 Å². The van der Waals surface area contributed by atoms with Crippen LogP contribution in [0.25, 0.3) is 0 Å². The minimum atomic E-state index is -3.41. The number of hydrogen-bond acceptors (Lipinski definition) is 5. The molecule has 0 radical (unpaired) electrons. The molecule has 19 heavy (non-hydrogen) atoms. The maximum atomic E-state index is 12.0. The molecule has 1 aromatic heterocycles.